The predicted octanol–water partition coefficient (Wildman–Crippen LogP) is 2.61. The molecule has 0 radical (unpaired) electrons. The van der Waals surface area contributed by atoms with Crippen molar-refractivity contribution in [2.24, 2.45) is 0 Å². The average molecular weight is 324 g/mol. The summed E-state index contributed by atoms with van der Waals surface area (Å²) in [6.07, 6.45) is 0. The molecule has 114 valence electrons. The van der Waals surface area contributed by atoms with E-state index in [0.29, 0.717) is 6.54 Å². The Kier molecular flexibility index (Phi) is 6.39. The number of sulfonamides is 1. The van der Waals surface area contributed by atoms with E-state index in [1.807, 2.05) is 0 Å². The number of hydrogen-bond donors (Lipinski definition) is 0. The van der Waals surface area contributed by atoms with Crippen LogP contribution in [-0.4, -0.2) is 39.0 Å². The summed E-state index contributed by atoms with van der Waals surface area (Å²) in [5.74, 6) is -0.582. The van der Waals surface area contributed by atoms with Gasteiger partial charge in [0.2, 0.25) is 10.0 Å². The van der Waals surface area contributed by atoms with Crippen LogP contribution in [0.3, 0.4) is 0 Å². The second-order valence-electron chi connectivity index (χ2n) is 4.40. The summed E-state index contributed by atoms with van der Waals surface area (Å²) in [7, 11) is -2.18. The quantitative estimate of drug-likeness (QED) is 0.725. The summed E-state index contributed by atoms with van der Waals surface area (Å²) in [5.41, 5.74) is 0.170. The zero-order valence-electron chi connectivity index (χ0n) is 11.8. The molecule has 0 aromatic heterocycles. The molecule has 0 N–H and O–H groups in total. The highest BCUT2D eigenvalue weighted by Crippen LogP contribution is 2.22. The number of halogens is 2. The lowest BCUT2D eigenvalue weighted by atomic mass is 10.2. The van der Waals surface area contributed by atoms with Crippen LogP contribution in [0.5, 0.6) is 0 Å². The topological polar surface area (TPSA) is 46.6 Å². The first-order chi connectivity index (χ1) is 9.38. The molecule has 0 saturated heterocycles. The Hall–Kier alpha value is -0.690. The molecule has 1 aromatic rings. The third kappa shape index (κ3) is 3.69. The SMILES string of the molecule is CCN(C(C)COC)S(=O)(=O)c1ccc(F)c(CCl)c1. The highest BCUT2D eigenvalue weighted by atomic mass is 35.5. The average Bonchev–Trinajstić information content (AvgIpc) is 2.39. The van der Waals surface area contributed by atoms with E-state index in [9.17, 15) is 12.8 Å². The standard InChI is InChI=1S/C13H19ClFNO3S/c1-4-16(10(2)9-19-3)20(17,18)12-5-6-13(15)11(7-12)8-14/h5-7,10H,4,8-9H2,1-3H3. The van der Waals surface area contributed by atoms with Crippen LogP contribution in [0, 0.1) is 5.82 Å². The Morgan fingerprint density at radius 2 is 2.10 bits per heavy atom. The minimum Gasteiger partial charge on any atom is -0.383 e. The summed E-state index contributed by atoms with van der Waals surface area (Å²) in [6, 6.07) is 3.35. The van der Waals surface area contributed by atoms with Gasteiger partial charge < -0.3 is 4.74 Å². The van der Waals surface area contributed by atoms with E-state index < -0.39 is 15.8 Å². The van der Waals surface area contributed by atoms with Crippen LogP contribution >= 0.6 is 11.6 Å². The predicted molar refractivity (Wildman–Crippen MR) is 76.9 cm³/mol. The molecule has 0 bridgehead atoms. The van der Waals surface area contributed by atoms with Crippen LogP contribution < -0.4 is 0 Å². The van der Waals surface area contributed by atoms with Gasteiger partial charge in [-0.05, 0) is 25.1 Å². The van der Waals surface area contributed by atoms with Gasteiger partial charge in [-0.2, -0.15) is 4.31 Å². The third-order valence-electron chi connectivity index (χ3n) is 2.98. The van der Waals surface area contributed by atoms with Crippen molar-refractivity contribution in [3.8, 4) is 0 Å². The van der Waals surface area contributed by atoms with Gasteiger partial charge in [0.25, 0.3) is 0 Å². The lowest BCUT2D eigenvalue weighted by Gasteiger charge is -2.26. The summed E-state index contributed by atoms with van der Waals surface area (Å²) in [6.45, 7) is 4.10. The molecule has 0 aliphatic heterocycles. The lowest BCUT2D eigenvalue weighted by Crippen LogP contribution is -2.40. The second-order valence-corrected chi connectivity index (χ2v) is 6.56. The van der Waals surface area contributed by atoms with Crippen molar-refractivity contribution in [3.63, 3.8) is 0 Å². The smallest absolute Gasteiger partial charge is 0.243 e. The zero-order valence-corrected chi connectivity index (χ0v) is 13.3. The van der Waals surface area contributed by atoms with Gasteiger partial charge in [0.05, 0.1) is 17.4 Å². The maximum atomic E-state index is 13.4. The normalized spacial score (nSPS) is 13.7. The van der Waals surface area contributed by atoms with Gasteiger partial charge in [-0.3, -0.25) is 0 Å². The van der Waals surface area contributed by atoms with Crippen LogP contribution in [0.4, 0.5) is 4.39 Å². The van der Waals surface area contributed by atoms with Crippen LogP contribution in [0.25, 0.3) is 0 Å². The highest BCUT2D eigenvalue weighted by Gasteiger charge is 2.28. The molecular weight excluding hydrogens is 305 g/mol. The summed E-state index contributed by atoms with van der Waals surface area (Å²) in [4.78, 5) is 0.0411. The molecule has 0 heterocycles. The van der Waals surface area contributed by atoms with Crippen LogP contribution in [0.1, 0.15) is 19.4 Å². The van der Waals surface area contributed by atoms with E-state index in [1.54, 1.807) is 13.8 Å². The van der Waals surface area contributed by atoms with Gasteiger partial charge in [0, 0.05) is 25.3 Å². The number of likely N-dealkylation sites (N-methyl/N-ethyl adjacent to an activating group) is 1. The minimum atomic E-state index is -3.69. The molecule has 0 aliphatic carbocycles. The van der Waals surface area contributed by atoms with Crippen molar-refractivity contribution < 1.29 is 17.5 Å². The van der Waals surface area contributed by atoms with Crippen molar-refractivity contribution in [2.45, 2.75) is 30.7 Å². The first kappa shape index (κ1) is 17.4. The fraction of sp³-hybridized carbons (Fsp3) is 0.538. The molecule has 0 saturated carbocycles. The first-order valence-corrected chi connectivity index (χ1v) is 8.21. The monoisotopic (exact) mass is 323 g/mol. The minimum absolute atomic E-state index is 0.0411. The summed E-state index contributed by atoms with van der Waals surface area (Å²) in [5, 5.41) is 0. The maximum Gasteiger partial charge on any atom is 0.243 e. The van der Waals surface area contributed by atoms with Crippen molar-refractivity contribution in [1.82, 2.24) is 4.31 Å². The van der Waals surface area contributed by atoms with Gasteiger partial charge in [0.1, 0.15) is 5.82 Å². The van der Waals surface area contributed by atoms with Crippen molar-refractivity contribution in [2.75, 3.05) is 20.3 Å². The van der Waals surface area contributed by atoms with Crippen molar-refractivity contribution >= 4 is 21.6 Å². The molecule has 1 unspecified atom stereocenters. The molecule has 0 aliphatic rings. The van der Waals surface area contributed by atoms with Gasteiger partial charge in [-0.1, -0.05) is 6.92 Å². The Bertz CT molecular complexity index is 551. The van der Waals surface area contributed by atoms with E-state index in [-0.39, 0.29) is 29.0 Å². The first-order valence-electron chi connectivity index (χ1n) is 6.23. The molecule has 1 aromatic carbocycles. The second kappa shape index (κ2) is 7.36. The van der Waals surface area contributed by atoms with Crippen molar-refractivity contribution in [3.05, 3.63) is 29.6 Å². The summed E-state index contributed by atoms with van der Waals surface area (Å²) < 4.78 is 44.9. The molecule has 4 nitrogen and oxygen atoms in total. The van der Waals surface area contributed by atoms with Crippen LogP contribution in [0.2, 0.25) is 0 Å². The van der Waals surface area contributed by atoms with Crippen LogP contribution in [-0.2, 0) is 20.6 Å². The Balaban J connectivity index is 3.20. The molecule has 7 heteroatoms. The van der Waals surface area contributed by atoms with Gasteiger partial charge in [-0.15, -0.1) is 11.6 Å². The molecule has 0 fully saturated rings. The van der Waals surface area contributed by atoms with Crippen molar-refractivity contribution in [1.29, 1.82) is 0 Å². The molecular formula is C13H19ClFNO3S. The lowest BCUT2D eigenvalue weighted by molar-refractivity contribution is 0.142. The Morgan fingerprint density at radius 3 is 2.60 bits per heavy atom. The van der Waals surface area contributed by atoms with E-state index in [1.165, 1.54) is 23.5 Å². The van der Waals surface area contributed by atoms with E-state index in [2.05, 4.69) is 0 Å². The van der Waals surface area contributed by atoms with Gasteiger partial charge >= 0.3 is 0 Å². The third-order valence-corrected chi connectivity index (χ3v) is 5.35. The molecule has 0 amide bonds. The number of benzene rings is 1. The summed E-state index contributed by atoms with van der Waals surface area (Å²) >= 11 is 5.61. The fourth-order valence-corrected chi connectivity index (χ4v) is 3.87. The maximum absolute atomic E-state index is 13.4. The Labute approximate surface area is 124 Å². The van der Waals surface area contributed by atoms with E-state index in [0.717, 1.165) is 6.07 Å². The molecule has 1 rings (SSSR count). The largest absolute Gasteiger partial charge is 0.383 e. The van der Waals surface area contributed by atoms with Gasteiger partial charge in [0.15, 0.2) is 0 Å². The van der Waals surface area contributed by atoms with Gasteiger partial charge in [-0.25, -0.2) is 12.8 Å². The molecule has 1 atom stereocenters. The molecule has 20 heavy (non-hydrogen) atoms. The fourth-order valence-electron chi connectivity index (χ4n) is 1.99. The number of methoxy groups -OCH3 is 1. The van der Waals surface area contributed by atoms with E-state index in [4.69, 9.17) is 16.3 Å². The number of ether oxygens (including phenoxy) is 1. The zero-order chi connectivity index (χ0) is 15.3. The number of rotatable bonds is 7. The number of nitrogens with zero attached hydrogens (tertiary/aromatic N) is 1. The van der Waals surface area contributed by atoms with Crippen LogP contribution in [0.15, 0.2) is 23.1 Å². The number of alkyl halides is 1. The highest BCUT2D eigenvalue weighted by molar-refractivity contribution is 7.89. The Morgan fingerprint density at radius 1 is 1.45 bits per heavy atom. The molecule has 0 spiro atoms. The van der Waals surface area contributed by atoms with E-state index >= 15 is 0 Å². The number of hydrogen-bond acceptors (Lipinski definition) is 3.